The summed E-state index contributed by atoms with van der Waals surface area (Å²) in [6.07, 6.45) is 0.968. The van der Waals surface area contributed by atoms with E-state index < -0.39 is 0 Å². The SMILES string of the molecule is CCCOc1ccccc1Oc1cccc(CCl)c1. The molecule has 2 aromatic rings. The van der Waals surface area contributed by atoms with Crippen LogP contribution in [0.2, 0.25) is 0 Å². The van der Waals surface area contributed by atoms with Gasteiger partial charge in [-0.2, -0.15) is 0 Å². The summed E-state index contributed by atoms with van der Waals surface area (Å²) >= 11 is 5.82. The molecule has 0 fully saturated rings. The zero-order chi connectivity index (χ0) is 13.5. The molecule has 0 spiro atoms. The van der Waals surface area contributed by atoms with E-state index in [0.717, 1.165) is 29.2 Å². The summed E-state index contributed by atoms with van der Waals surface area (Å²) in [5.41, 5.74) is 1.03. The molecule has 2 rings (SSSR count). The highest BCUT2D eigenvalue weighted by Crippen LogP contribution is 2.31. The van der Waals surface area contributed by atoms with Gasteiger partial charge in [0.1, 0.15) is 5.75 Å². The molecule has 2 nitrogen and oxygen atoms in total. The second kappa shape index (κ2) is 7.05. The van der Waals surface area contributed by atoms with Crippen molar-refractivity contribution in [3.63, 3.8) is 0 Å². The zero-order valence-electron chi connectivity index (χ0n) is 10.9. The molecule has 0 saturated carbocycles. The first-order valence-electron chi connectivity index (χ1n) is 6.38. The molecule has 0 saturated heterocycles. The van der Waals surface area contributed by atoms with Gasteiger partial charge in [0.25, 0.3) is 0 Å². The third kappa shape index (κ3) is 3.90. The third-order valence-electron chi connectivity index (χ3n) is 2.59. The molecule has 0 bridgehead atoms. The highest BCUT2D eigenvalue weighted by molar-refractivity contribution is 6.17. The van der Waals surface area contributed by atoms with Gasteiger partial charge in [0.2, 0.25) is 0 Å². The summed E-state index contributed by atoms with van der Waals surface area (Å²) in [5.74, 6) is 2.74. The van der Waals surface area contributed by atoms with Crippen molar-refractivity contribution in [3.05, 3.63) is 54.1 Å². The van der Waals surface area contributed by atoms with Crippen molar-refractivity contribution in [2.75, 3.05) is 6.61 Å². The van der Waals surface area contributed by atoms with E-state index in [4.69, 9.17) is 21.1 Å². The van der Waals surface area contributed by atoms with Gasteiger partial charge < -0.3 is 9.47 Å². The van der Waals surface area contributed by atoms with Crippen LogP contribution in [0, 0.1) is 0 Å². The van der Waals surface area contributed by atoms with Crippen LogP contribution in [0.15, 0.2) is 48.5 Å². The van der Waals surface area contributed by atoms with Gasteiger partial charge in [-0.15, -0.1) is 11.6 Å². The van der Waals surface area contributed by atoms with Crippen molar-refractivity contribution in [1.82, 2.24) is 0 Å². The quantitative estimate of drug-likeness (QED) is 0.691. The molecule has 0 N–H and O–H groups in total. The molecular weight excluding hydrogens is 260 g/mol. The number of alkyl halides is 1. The van der Waals surface area contributed by atoms with Gasteiger partial charge in [0, 0.05) is 5.88 Å². The van der Waals surface area contributed by atoms with Crippen molar-refractivity contribution in [2.45, 2.75) is 19.2 Å². The Morgan fingerprint density at radius 1 is 1.00 bits per heavy atom. The van der Waals surface area contributed by atoms with E-state index in [1.807, 2.05) is 48.5 Å². The molecule has 100 valence electrons. The Morgan fingerprint density at radius 2 is 1.79 bits per heavy atom. The molecule has 0 atom stereocenters. The van der Waals surface area contributed by atoms with E-state index in [9.17, 15) is 0 Å². The maximum absolute atomic E-state index is 5.87. The fourth-order valence-corrected chi connectivity index (χ4v) is 1.85. The Kier molecular flexibility index (Phi) is 5.10. The molecule has 0 aliphatic rings. The summed E-state index contributed by atoms with van der Waals surface area (Å²) in [5, 5.41) is 0. The molecule has 19 heavy (non-hydrogen) atoms. The van der Waals surface area contributed by atoms with Gasteiger partial charge >= 0.3 is 0 Å². The Hall–Kier alpha value is -1.67. The molecule has 0 radical (unpaired) electrons. The molecule has 0 aliphatic carbocycles. The van der Waals surface area contributed by atoms with Crippen LogP contribution in [0.25, 0.3) is 0 Å². The van der Waals surface area contributed by atoms with Crippen molar-refractivity contribution < 1.29 is 9.47 Å². The van der Waals surface area contributed by atoms with E-state index in [2.05, 4.69) is 6.92 Å². The van der Waals surface area contributed by atoms with Crippen LogP contribution in [-0.4, -0.2) is 6.61 Å². The monoisotopic (exact) mass is 276 g/mol. The highest BCUT2D eigenvalue weighted by atomic mass is 35.5. The Bertz CT molecular complexity index is 526. The van der Waals surface area contributed by atoms with Crippen LogP contribution in [0.1, 0.15) is 18.9 Å². The number of para-hydroxylation sites is 2. The minimum atomic E-state index is 0.477. The topological polar surface area (TPSA) is 18.5 Å². The van der Waals surface area contributed by atoms with Crippen molar-refractivity contribution in [1.29, 1.82) is 0 Å². The Balaban J connectivity index is 2.17. The molecule has 0 amide bonds. The number of rotatable bonds is 6. The molecule has 0 aliphatic heterocycles. The van der Waals surface area contributed by atoms with Gasteiger partial charge in [-0.1, -0.05) is 31.2 Å². The van der Waals surface area contributed by atoms with Gasteiger partial charge in [-0.05, 0) is 36.2 Å². The largest absolute Gasteiger partial charge is 0.490 e. The van der Waals surface area contributed by atoms with Gasteiger partial charge in [0.05, 0.1) is 6.61 Å². The molecule has 0 unspecified atom stereocenters. The second-order valence-corrected chi connectivity index (χ2v) is 4.45. The van der Waals surface area contributed by atoms with Gasteiger partial charge in [-0.3, -0.25) is 0 Å². The average Bonchev–Trinajstić information content (AvgIpc) is 2.46. The lowest BCUT2D eigenvalue weighted by Gasteiger charge is -2.12. The van der Waals surface area contributed by atoms with Crippen LogP contribution in [0.5, 0.6) is 17.2 Å². The Labute approximate surface area is 118 Å². The van der Waals surface area contributed by atoms with E-state index in [0.29, 0.717) is 12.5 Å². The summed E-state index contributed by atoms with van der Waals surface area (Å²) in [6.45, 7) is 2.76. The zero-order valence-corrected chi connectivity index (χ0v) is 11.7. The maximum atomic E-state index is 5.87. The number of ether oxygens (including phenoxy) is 2. The van der Waals surface area contributed by atoms with Crippen molar-refractivity contribution in [2.24, 2.45) is 0 Å². The first-order valence-corrected chi connectivity index (χ1v) is 6.91. The van der Waals surface area contributed by atoms with E-state index in [1.165, 1.54) is 0 Å². The number of halogens is 1. The van der Waals surface area contributed by atoms with E-state index in [1.54, 1.807) is 0 Å². The number of hydrogen-bond acceptors (Lipinski definition) is 2. The van der Waals surface area contributed by atoms with Crippen LogP contribution in [0.3, 0.4) is 0 Å². The number of hydrogen-bond donors (Lipinski definition) is 0. The molecule has 0 heterocycles. The standard InChI is InChI=1S/C16H17ClO2/c1-2-10-18-15-8-3-4-9-16(15)19-14-7-5-6-13(11-14)12-17/h3-9,11H,2,10,12H2,1H3. The predicted octanol–water partition coefficient (Wildman–Crippen LogP) is 5.01. The van der Waals surface area contributed by atoms with Crippen LogP contribution in [0.4, 0.5) is 0 Å². The average molecular weight is 277 g/mol. The minimum Gasteiger partial charge on any atom is -0.490 e. The van der Waals surface area contributed by atoms with Crippen LogP contribution >= 0.6 is 11.6 Å². The fraction of sp³-hybridized carbons (Fsp3) is 0.250. The second-order valence-electron chi connectivity index (χ2n) is 4.18. The highest BCUT2D eigenvalue weighted by Gasteiger charge is 2.05. The smallest absolute Gasteiger partial charge is 0.169 e. The maximum Gasteiger partial charge on any atom is 0.169 e. The third-order valence-corrected chi connectivity index (χ3v) is 2.90. The molecule has 2 aromatic carbocycles. The van der Waals surface area contributed by atoms with Crippen molar-refractivity contribution in [3.8, 4) is 17.2 Å². The first-order chi connectivity index (χ1) is 9.33. The van der Waals surface area contributed by atoms with Crippen molar-refractivity contribution >= 4 is 11.6 Å². The minimum absolute atomic E-state index is 0.477. The lowest BCUT2D eigenvalue weighted by Crippen LogP contribution is -1.97. The fourth-order valence-electron chi connectivity index (χ4n) is 1.68. The summed E-state index contributed by atoms with van der Waals surface area (Å²) in [7, 11) is 0. The lowest BCUT2D eigenvalue weighted by molar-refractivity contribution is 0.302. The first kappa shape index (κ1) is 13.8. The summed E-state index contributed by atoms with van der Waals surface area (Å²) < 4.78 is 11.5. The van der Waals surface area contributed by atoms with E-state index >= 15 is 0 Å². The van der Waals surface area contributed by atoms with Gasteiger partial charge in [0.15, 0.2) is 11.5 Å². The van der Waals surface area contributed by atoms with E-state index in [-0.39, 0.29) is 0 Å². The van der Waals surface area contributed by atoms with Crippen LogP contribution < -0.4 is 9.47 Å². The summed E-state index contributed by atoms with van der Waals surface area (Å²) in [4.78, 5) is 0. The number of benzene rings is 2. The molecular formula is C16H17ClO2. The predicted molar refractivity (Wildman–Crippen MR) is 78.3 cm³/mol. The normalized spacial score (nSPS) is 10.2. The molecule has 0 aromatic heterocycles. The Morgan fingerprint density at radius 3 is 2.53 bits per heavy atom. The molecule has 3 heteroatoms. The van der Waals surface area contributed by atoms with Crippen LogP contribution in [-0.2, 0) is 5.88 Å². The van der Waals surface area contributed by atoms with Gasteiger partial charge in [-0.25, -0.2) is 0 Å². The lowest BCUT2D eigenvalue weighted by atomic mass is 10.2. The summed E-state index contributed by atoms with van der Waals surface area (Å²) in [6, 6.07) is 15.4.